The van der Waals surface area contributed by atoms with Crippen molar-refractivity contribution in [2.45, 2.75) is 39.3 Å². The minimum absolute atomic E-state index is 0.0941. The first-order valence-corrected chi connectivity index (χ1v) is 6.81. The molecule has 0 bridgehead atoms. The first kappa shape index (κ1) is 14.3. The highest BCUT2D eigenvalue weighted by Gasteiger charge is 2.69. The normalized spacial score (nSPS) is 32.7. The Bertz CT molecular complexity index is 389. The quantitative estimate of drug-likeness (QED) is 0.716. The zero-order valence-electron chi connectivity index (χ0n) is 12.3. The summed E-state index contributed by atoms with van der Waals surface area (Å²) in [6.07, 6.45) is 0.145. The lowest BCUT2D eigenvalue weighted by Gasteiger charge is -2.31. The van der Waals surface area contributed by atoms with Gasteiger partial charge in [0, 0.05) is 19.6 Å². The van der Waals surface area contributed by atoms with Crippen molar-refractivity contribution in [1.82, 2.24) is 4.90 Å². The predicted molar refractivity (Wildman–Crippen MR) is 69.4 cm³/mol. The summed E-state index contributed by atoms with van der Waals surface area (Å²) in [5.74, 6) is 0.217. The first-order chi connectivity index (χ1) is 8.89. The molecule has 1 aliphatic heterocycles. The van der Waals surface area contributed by atoms with Gasteiger partial charge in [0.15, 0.2) is 0 Å². The van der Waals surface area contributed by atoms with Gasteiger partial charge in [-0.25, -0.2) is 4.79 Å². The summed E-state index contributed by atoms with van der Waals surface area (Å²) in [5.41, 5.74) is 0.129. The average molecular weight is 269 g/mol. The largest absolute Gasteiger partial charge is 0.467 e. The average Bonchev–Trinajstić information content (AvgIpc) is 2.79. The van der Waals surface area contributed by atoms with Gasteiger partial charge in [-0.2, -0.15) is 0 Å². The van der Waals surface area contributed by atoms with E-state index in [9.17, 15) is 9.59 Å². The van der Waals surface area contributed by atoms with E-state index in [0.717, 1.165) is 0 Å². The fourth-order valence-electron chi connectivity index (χ4n) is 3.53. The van der Waals surface area contributed by atoms with Crippen molar-refractivity contribution < 1.29 is 19.1 Å². The maximum Gasteiger partial charge on any atom is 0.328 e. The Hall–Kier alpha value is -1.10. The van der Waals surface area contributed by atoms with Crippen LogP contribution >= 0.6 is 0 Å². The number of carbonyl (C=O) groups excluding carboxylic acids is 2. The molecule has 0 aromatic heterocycles. The van der Waals surface area contributed by atoms with Crippen LogP contribution in [0.5, 0.6) is 0 Å². The van der Waals surface area contributed by atoms with E-state index in [-0.39, 0.29) is 23.2 Å². The summed E-state index contributed by atoms with van der Waals surface area (Å²) < 4.78 is 10.1. The lowest BCUT2D eigenvalue weighted by atomic mass is 10.0. The van der Waals surface area contributed by atoms with E-state index in [0.29, 0.717) is 18.9 Å². The van der Waals surface area contributed by atoms with Gasteiger partial charge in [0.05, 0.1) is 7.11 Å². The minimum atomic E-state index is -0.465. The van der Waals surface area contributed by atoms with Crippen molar-refractivity contribution in [3.8, 4) is 0 Å². The van der Waals surface area contributed by atoms with Crippen molar-refractivity contribution in [2.24, 2.45) is 17.3 Å². The molecule has 0 N–H and O–H groups in total. The molecule has 1 aliphatic carbocycles. The number of ether oxygens (including phenoxy) is 2. The highest BCUT2D eigenvalue weighted by Crippen LogP contribution is 2.65. The van der Waals surface area contributed by atoms with Crippen LogP contribution in [-0.2, 0) is 19.1 Å². The summed E-state index contributed by atoms with van der Waals surface area (Å²) >= 11 is 0. The minimum Gasteiger partial charge on any atom is -0.467 e. The van der Waals surface area contributed by atoms with Crippen molar-refractivity contribution in [1.29, 1.82) is 0 Å². The molecule has 2 fully saturated rings. The van der Waals surface area contributed by atoms with Crippen LogP contribution in [0.1, 0.15) is 27.2 Å². The number of nitrogens with zero attached hydrogens (tertiary/aromatic N) is 1. The Balaban J connectivity index is 2.18. The highest BCUT2D eigenvalue weighted by molar-refractivity contribution is 5.88. The number of amides is 1. The van der Waals surface area contributed by atoms with Gasteiger partial charge in [0.1, 0.15) is 12.1 Å². The SMILES string of the molecule is CC[C@@H](OC)C(=O)N1C[C@H]2[C@@H]([C@H]1C(=O)OC)C2(C)C. The molecule has 4 atom stereocenters. The number of fused-ring (bicyclic) bond motifs is 1. The molecule has 1 saturated heterocycles. The van der Waals surface area contributed by atoms with Crippen LogP contribution in [0.25, 0.3) is 0 Å². The van der Waals surface area contributed by atoms with Crippen LogP contribution in [0.15, 0.2) is 0 Å². The highest BCUT2D eigenvalue weighted by atomic mass is 16.5. The van der Waals surface area contributed by atoms with Crippen LogP contribution in [0.2, 0.25) is 0 Å². The van der Waals surface area contributed by atoms with Crippen molar-refractivity contribution >= 4 is 11.9 Å². The number of rotatable bonds is 4. The van der Waals surface area contributed by atoms with E-state index in [1.807, 2.05) is 6.92 Å². The molecule has 2 aliphatic rings. The molecule has 0 spiro atoms. The lowest BCUT2D eigenvalue weighted by molar-refractivity contribution is -0.157. The smallest absolute Gasteiger partial charge is 0.328 e. The summed E-state index contributed by atoms with van der Waals surface area (Å²) in [7, 11) is 2.90. The standard InChI is InChI=1S/C14H23NO4/c1-6-9(18-4)12(16)15-7-8-10(14(8,2)3)11(15)13(17)19-5/h8-11H,6-7H2,1-5H3/t8-,9+,10-,11-/m0/s1. The summed E-state index contributed by atoms with van der Waals surface area (Å²) in [6, 6.07) is -0.443. The number of esters is 1. The van der Waals surface area contributed by atoms with Crippen molar-refractivity contribution in [3.63, 3.8) is 0 Å². The molecular weight excluding hydrogens is 246 g/mol. The van der Waals surface area contributed by atoms with Crippen LogP contribution in [0.4, 0.5) is 0 Å². The van der Waals surface area contributed by atoms with Gasteiger partial charge >= 0.3 is 5.97 Å². The van der Waals surface area contributed by atoms with Crippen LogP contribution in [-0.4, -0.2) is 49.7 Å². The van der Waals surface area contributed by atoms with E-state index in [1.54, 1.807) is 4.90 Å². The number of methoxy groups -OCH3 is 2. The lowest BCUT2D eigenvalue weighted by Crippen LogP contribution is -2.49. The third-order valence-corrected chi connectivity index (χ3v) is 4.86. The van der Waals surface area contributed by atoms with E-state index in [4.69, 9.17) is 9.47 Å². The molecular formula is C14H23NO4. The molecule has 5 nitrogen and oxygen atoms in total. The number of piperidine rings is 1. The second-order valence-corrected chi connectivity index (χ2v) is 6.04. The number of hydrogen-bond acceptors (Lipinski definition) is 4. The van der Waals surface area contributed by atoms with E-state index >= 15 is 0 Å². The van der Waals surface area contributed by atoms with Gasteiger partial charge in [0.2, 0.25) is 0 Å². The summed E-state index contributed by atoms with van der Waals surface area (Å²) in [4.78, 5) is 26.1. The zero-order valence-corrected chi connectivity index (χ0v) is 12.3. The molecule has 2 rings (SSSR count). The molecule has 0 aromatic carbocycles. The van der Waals surface area contributed by atoms with Gasteiger partial charge < -0.3 is 14.4 Å². The van der Waals surface area contributed by atoms with Crippen molar-refractivity contribution in [3.05, 3.63) is 0 Å². The number of carbonyl (C=O) groups is 2. The van der Waals surface area contributed by atoms with Crippen LogP contribution < -0.4 is 0 Å². The topological polar surface area (TPSA) is 55.8 Å². The molecule has 108 valence electrons. The fraction of sp³-hybridized carbons (Fsp3) is 0.857. The Morgan fingerprint density at radius 3 is 2.47 bits per heavy atom. The predicted octanol–water partition coefficient (Wildman–Crippen LogP) is 1.07. The zero-order chi connectivity index (χ0) is 14.4. The maximum atomic E-state index is 12.4. The third kappa shape index (κ3) is 2.04. The second kappa shape index (κ2) is 4.78. The van der Waals surface area contributed by atoms with E-state index in [2.05, 4.69) is 13.8 Å². The molecule has 1 amide bonds. The van der Waals surface area contributed by atoms with Crippen LogP contribution in [0.3, 0.4) is 0 Å². The Morgan fingerprint density at radius 2 is 2.00 bits per heavy atom. The van der Waals surface area contributed by atoms with Gasteiger partial charge in [-0.05, 0) is 17.8 Å². The second-order valence-electron chi connectivity index (χ2n) is 6.04. The number of hydrogen-bond donors (Lipinski definition) is 0. The third-order valence-electron chi connectivity index (χ3n) is 4.86. The Kier molecular flexibility index (Phi) is 3.60. The van der Waals surface area contributed by atoms with Gasteiger partial charge in [-0.1, -0.05) is 20.8 Å². The van der Waals surface area contributed by atoms with Crippen LogP contribution in [0, 0.1) is 17.3 Å². The molecule has 1 heterocycles. The maximum absolute atomic E-state index is 12.4. The van der Waals surface area contributed by atoms with Gasteiger partial charge in [-0.3, -0.25) is 4.79 Å². The molecule has 0 aromatic rings. The molecule has 5 heteroatoms. The first-order valence-electron chi connectivity index (χ1n) is 6.81. The molecule has 0 radical (unpaired) electrons. The Morgan fingerprint density at radius 1 is 1.37 bits per heavy atom. The van der Waals surface area contributed by atoms with E-state index in [1.165, 1.54) is 14.2 Å². The molecule has 19 heavy (non-hydrogen) atoms. The summed E-state index contributed by atoms with van der Waals surface area (Å²) in [6.45, 7) is 6.83. The number of likely N-dealkylation sites (tertiary alicyclic amines) is 1. The van der Waals surface area contributed by atoms with Gasteiger partial charge in [0.25, 0.3) is 5.91 Å². The molecule has 0 unspecified atom stereocenters. The summed E-state index contributed by atoms with van der Waals surface area (Å²) in [5, 5.41) is 0. The van der Waals surface area contributed by atoms with E-state index < -0.39 is 12.1 Å². The molecule has 1 saturated carbocycles. The van der Waals surface area contributed by atoms with Gasteiger partial charge in [-0.15, -0.1) is 0 Å². The van der Waals surface area contributed by atoms with Crippen molar-refractivity contribution in [2.75, 3.05) is 20.8 Å². The fourth-order valence-corrected chi connectivity index (χ4v) is 3.53. The monoisotopic (exact) mass is 269 g/mol. The Labute approximate surface area is 114 Å².